The van der Waals surface area contributed by atoms with E-state index >= 15 is 0 Å². The summed E-state index contributed by atoms with van der Waals surface area (Å²) in [5.74, 6) is 0.147. The van der Waals surface area contributed by atoms with Gasteiger partial charge in [-0.2, -0.15) is 5.11 Å². The highest BCUT2D eigenvalue weighted by Crippen LogP contribution is 2.36. The predicted octanol–water partition coefficient (Wildman–Crippen LogP) is 4.59. The van der Waals surface area contributed by atoms with Crippen LogP contribution in [-0.2, 0) is 4.79 Å². The van der Waals surface area contributed by atoms with Crippen LogP contribution in [0.2, 0.25) is 5.02 Å². The highest BCUT2D eigenvalue weighted by molar-refractivity contribution is 6.31. The van der Waals surface area contributed by atoms with Gasteiger partial charge in [0.25, 0.3) is 5.91 Å². The maximum absolute atomic E-state index is 13.2. The number of amidine groups is 1. The number of hydrogen-bond acceptors (Lipinski definition) is 6. The maximum Gasteiger partial charge on any atom is 0.265 e. The van der Waals surface area contributed by atoms with Crippen LogP contribution in [0.4, 0.5) is 5.69 Å². The maximum atomic E-state index is 13.2. The van der Waals surface area contributed by atoms with Gasteiger partial charge >= 0.3 is 0 Å². The van der Waals surface area contributed by atoms with E-state index in [0.29, 0.717) is 22.1 Å². The van der Waals surface area contributed by atoms with Crippen molar-refractivity contribution in [2.75, 3.05) is 4.90 Å². The summed E-state index contributed by atoms with van der Waals surface area (Å²) in [6, 6.07) is 14.8. The molecule has 0 saturated carbocycles. The van der Waals surface area contributed by atoms with E-state index in [2.05, 4.69) is 25.2 Å². The SMILES string of the molecule is O=C1C2=CN=NC2=NC(c2ccc(-c3cnccn3)cc2)N1c1ccc(Cl)cc1. The number of aromatic nitrogens is 2. The van der Waals surface area contributed by atoms with E-state index in [1.54, 1.807) is 47.8 Å². The van der Waals surface area contributed by atoms with Gasteiger partial charge in [0.2, 0.25) is 0 Å². The summed E-state index contributed by atoms with van der Waals surface area (Å²) < 4.78 is 0. The number of nitrogens with zero attached hydrogens (tertiary/aromatic N) is 6. The molecule has 2 aliphatic heterocycles. The Hall–Kier alpha value is -3.71. The number of amides is 1. The third-order valence-electron chi connectivity index (χ3n) is 4.69. The zero-order valence-electron chi connectivity index (χ0n) is 15.0. The summed E-state index contributed by atoms with van der Waals surface area (Å²) in [5, 5.41) is 8.43. The van der Waals surface area contributed by atoms with Crippen LogP contribution in [0.3, 0.4) is 0 Å². The van der Waals surface area contributed by atoms with Gasteiger partial charge in [-0.1, -0.05) is 35.9 Å². The Balaban J connectivity index is 1.57. The van der Waals surface area contributed by atoms with E-state index < -0.39 is 6.17 Å². The van der Waals surface area contributed by atoms with E-state index in [-0.39, 0.29) is 5.91 Å². The van der Waals surface area contributed by atoms with Crippen molar-refractivity contribution < 1.29 is 4.79 Å². The van der Waals surface area contributed by atoms with Gasteiger partial charge in [-0.25, -0.2) is 4.99 Å². The van der Waals surface area contributed by atoms with Gasteiger partial charge in [0.15, 0.2) is 12.0 Å². The molecule has 2 aromatic carbocycles. The normalized spacial score (nSPS) is 17.8. The molecule has 3 aromatic rings. The van der Waals surface area contributed by atoms with E-state index in [1.807, 2.05) is 24.3 Å². The van der Waals surface area contributed by atoms with Crippen LogP contribution in [0.1, 0.15) is 11.7 Å². The zero-order valence-corrected chi connectivity index (χ0v) is 15.7. The minimum atomic E-state index is -0.566. The van der Waals surface area contributed by atoms with Crippen molar-refractivity contribution in [2.45, 2.75) is 6.17 Å². The first-order chi connectivity index (χ1) is 14.2. The number of rotatable bonds is 3. The highest BCUT2D eigenvalue weighted by atomic mass is 35.5. The molecule has 0 N–H and O–H groups in total. The van der Waals surface area contributed by atoms with E-state index in [1.165, 1.54) is 6.20 Å². The first-order valence-electron chi connectivity index (χ1n) is 8.85. The standard InChI is InChI=1S/C21H13ClN6O/c22-15-5-7-16(8-6-15)28-20(26-19-17(21(28)29)11-25-27-19)14-3-1-13(2-4-14)18-12-23-9-10-24-18/h1-12,20H. The highest BCUT2D eigenvalue weighted by Gasteiger charge is 2.37. The van der Waals surface area contributed by atoms with Crippen LogP contribution < -0.4 is 4.90 Å². The molecule has 0 bridgehead atoms. The van der Waals surface area contributed by atoms with Crippen molar-refractivity contribution in [3.8, 4) is 11.3 Å². The van der Waals surface area contributed by atoms with Crippen molar-refractivity contribution in [1.82, 2.24) is 9.97 Å². The van der Waals surface area contributed by atoms with Crippen LogP contribution in [-0.4, -0.2) is 21.7 Å². The Kier molecular flexibility index (Phi) is 4.22. The number of carbonyl (C=O) groups excluding carboxylic acids is 1. The minimum absolute atomic E-state index is 0.203. The summed E-state index contributed by atoms with van der Waals surface area (Å²) >= 11 is 6.02. The molecule has 1 unspecified atom stereocenters. The smallest absolute Gasteiger partial charge is 0.265 e. The lowest BCUT2D eigenvalue weighted by Crippen LogP contribution is -2.40. The second-order valence-electron chi connectivity index (χ2n) is 6.45. The molecule has 0 radical (unpaired) electrons. The van der Waals surface area contributed by atoms with Crippen molar-refractivity contribution in [2.24, 2.45) is 15.2 Å². The van der Waals surface area contributed by atoms with Crippen LogP contribution in [0.5, 0.6) is 0 Å². The average Bonchev–Trinajstić information content (AvgIpc) is 3.25. The third-order valence-corrected chi connectivity index (χ3v) is 4.94. The van der Waals surface area contributed by atoms with Gasteiger partial charge in [0, 0.05) is 28.7 Å². The fourth-order valence-electron chi connectivity index (χ4n) is 3.27. The number of azo groups is 1. The number of carbonyl (C=O) groups is 1. The molecule has 140 valence electrons. The largest absolute Gasteiger partial charge is 0.281 e. The number of aliphatic imine (C=N–C) groups is 1. The lowest BCUT2D eigenvalue weighted by atomic mass is 10.0. The Bertz CT molecular complexity index is 1170. The van der Waals surface area contributed by atoms with Gasteiger partial charge in [0.1, 0.15) is 5.57 Å². The quantitative estimate of drug-likeness (QED) is 0.644. The second kappa shape index (κ2) is 7.03. The van der Waals surface area contributed by atoms with Crippen LogP contribution in [0.15, 0.2) is 94.1 Å². The molecule has 0 spiro atoms. The Labute approximate surface area is 171 Å². The monoisotopic (exact) mass is 400 g/mol. The van der Waals surface area contributed by atoms with Crippen molar-refractivity contribution in [1.29, 1.82) is 0 Å². The Morgan fingerprint density at radius 2 is 1.76 bits per heavy atom. The number of halogens is 1. The number of fused-ring (bicyclic) bond motifs is 1. The molecule has 0 aliphatic carbocycles. The van der Waals surface area contributed by atoms with Crippen LogP contribution in [0, 0.1) is 0 Å². The molecule has 2 aliphatic rings. The number of hydrogen-bond donors (Lipinski definition) is 0. The first kappa shape index (κ1) is 17.4. The van der Waals surface area contributed by atoms with Crippen molar-refractivity contribution >= 4 is 29.0 Å². The molecule has 3 heterocycles. The molecule has 0 saturated heterocycles. The van der Waals surface area contributed by atoms with E-state index in [9.17, 15) is 4.79 Å². The summed E-state index contributed by atoms with van der Waals surface area (Å²) in [7, 11) is 0. The molecule has 29 heavy (non-hydrogen) atoms. The van der Waals surface area contributed by atoms with Crippen molar-refractivity contribution in [3.63, 3.8) is 0 Å². The van der Waals surface area contributed by atoms with E-state index in [0.717, 1.165) is 16.8 Å². The lowest BCUT2D eigenvalue weighted by Gasteiger charge is -2.33. The first-order valence-corrected chi connectivity index (χ1v) is 9.23. The summed E-state index contributed by atoms with van der Waals surface area (Å²) in [6.45, 7) is 0. The summed E-state index contributed by atoms with van der Waals surface area (Å²) in [4.78, 5) is 27.9. The fraction of sp³-hybridized carbons (Fsp3) is 0.0476. The topological polar surface area (TPSA) is 83.2 Å². The summed E-state index contributed by atoms with van der Waals surface area (Å²) in [6.07, 6.45) is 5.86. The van der Waals surface area contributed by atoms with E-state index in [4.69, 9.17) is 11.6 Å². The molecular formula is C21H13ClN6O. The lowest BCUT2D eigenvalue weighted by molar-refractivity contribution is -0.115. The predicted molar refractivity (Wildman–Crippen MR) is 110 cm³/mol. The van der Waals surface area contributed by atoms with Gasteiger partial charge in [-0.3, -0.25) is 19.7 Å². The van der Waals surface area contributed by atoms with Crippen molar-refractivity contribution in [3.05, 3.63) is 89.5 Å². The summed E-state index contributed by atoms with van der Waals surface area (Å²) in [5.41, 5.74) is 3.62. The molecule has 8 heteroatoms. The van der Waals surface area contributed by atoms with Crippen LogP contribution in [0.25, 0.3) is 11.3 Å². The molecule has 1 aromatic heterocycles. The third kappa shape index (κ3) is 3.11. The zero-order chi connectivity index (χ0) is 19.8. The molecular weight excluding hydrogens is 388 g/mol. The van der Waals surface area contributed by atoms with Gasteiger partial charge in [-0.15, -0.1) is 5.11 Å². The molecule has 1 atom stereocenters. The Morgan fingerprint density at radius 3 is 2.48 bits per heavy atom. The average molecular weight is 401 g/mol. The molecule has 0 fully saturated rings. The molecule has 5 rings (SSSR count). The van der Waals surface area contributed by atoms with Crippen LogP contribution >= 0.6 is 11.6 Å². The molecule has 7 nitrogen and oxygen atoms in total. The fourth-order valence-corrected chi connectivity index (χ4v) is 3.40. The molecule has 1 amide bonds. The second-order valence-corrected chi connectivity index (χ2v) is 6.89. The van der Waals surface area contributed by atoms with Gasteiger partial charge in [-0.05, 0) is 29.8 Å². The number of anilines is 1. The van der Waals surface area contributed by atoms with Gasteiger partial charge in [0.05, 0.1) is 18.1 Å². The minimum Gasteiger partial charge on any atom is -0.281 e. The number of benzene rings is 2. The Morgan fingerprint density at radius 1 is 0.966 bits per heavy atom. The van der Waals surface area contributed by atoms with Gasteiger partial charge < -0.3 is 0 Å².